The second kappa shape index (κ2) is 6.16. The van der Waals surface area contributed by atoms with E-state index in [1.54, 1.807) is 0 Å². The minimum atomic E-state index is -3.77. The Kier molecular flexibility index (Phi) is 4.69. The normalized spacial score (nSPS) is 20.5. The van der Waals surface area contributed by atoms with Gasteiger partial charge in [-0.1, -0.05) is 18.3 Å². The van der Waals surface area contributed by atoms with Crippen molar-refractivity contribution in [1.82, 2.24) is 14.5 Å². The predicted octanol–water partition coefficient (Wildman–Crippen LogP) is 0.486. The molecule has 1 amide bonds. The second-order valence-electron chi connectivity index (χ2n) is 4.74. The summed E-state index contributed by atoms with van der Waals surface area (Å²) in [5.74, 6) is -0.513. The third-order valence-corrected chi connectivity index (χ3v) is 6.28. The molecule has 0 bridgehead atoms. The zero-order chi connectivity index (χ0) is 15.6. The molecule has 0 aromatic carbocycles. The maximum atomic E-state index is 12.5. The predicted molar refractivity (Wildman–Crippen MR) is 76.4 cm³/mol. The van der Waals surface area contributed by atoms with Crippen LogP contribution in [0.15, 0.2) is 4.34 Å². The van der Waals surface area contributed by atoms with Crippen molar-refractivity contribution < 1.29 is 18.0 Å². The summed E-state index contributed by atoms with van der Waals surface area (Å²) < 4.78 is 26.0. The summed E-state index contributed by atoms with van der Waals surface area (Å²) >= 11 is 0.803. The van der Waals surface area contributed by atoms with Gasteiger partial charge in [0.15, 0.2) is 0 Å². The monoisotopic (exact) mass is 332 g/mol. The van der Waals surface area contributed by atoms with E-state index in [1.165, 1.54) is 11.2 Å². The Labute approximate surface area is 126 Å². The number of piperidine rings is 1. The van der Waals surface area contributed by atoms with Gasteiger partial charge in [-0.25, -0.2) is 8.42 Å². The SMILES string of the molecule is CCC1CN(S(=O)(=O)c2nnc(NC(C)=O)s2)CCC1=O. The van der Waals surface area contributed by atoms with Gasteiger partial charge in [0, 0.05) is 32.4 Å². The van der Waals surface area contributed by atoms with Crippen molar-refractivity contribution in [3.8, 4) is 0 Å². The molecule has 0 spiro atoms. The van der Waals surface area contributed by atoms with Crippen molar-refractivity contribution in [3.05, 3.63) is 0 Å². The number of rotatable bonds is 4. The van der Waals surface area contributed by atoms with Crippen molar-refractivity contribution in [2.45, 2.75) is 31.0 Å². The van der Waals surface area contributed by atoms with Crippen LogP contribution in [-0.2, 0) is 19.6 Å². The lowest BCUT2D eigenvalue weighted by atomic mass is 9.96. The first-order chi connectivity index (χ1) is 9.84. The van der Waals surface area contributed by atoms with E-state index < -0.39 is 10.0 Å². The van der Waals surface area contributed by atoms with E-state index >= 15 is 0 Å². The number of hydrogen-bond acceptors (Lipinski definition) is 7. The number of Topliss-reactive ketones (excluding diaryl/α,β-unsaturated/α-hetero) is 1. The molecule has 0 radical (unpaired) electrons. The molecule has 1 unspecified atom stereocenters. The standard InChI is InChI=1S/C11H16N4O4S2/c1-3-8-6-15(5-4-9(8)17)21(18,19)11-14-13-10(20-11)12-7(2)16/h8H,3-6H2,1-2H3,(H,12,13,16). The number of sulfonamides is 1. The molecule has 1 aromatic heterocycles. The largest absolute Gasteiger partial charge is 0.301 e. The molecule has 1 N–H and O–H groups in total. The Morgan fingerprint density at radius 1 is 1.48 bits per heavy atom. The Bertz CT molecular complexity index is 655. The molecule has 8 nitrogen and oxygen atoms in total. The highest BCUT2D eigenvalue weighted by molar-refractivity contribution is 7.91. The zero-order valence-corrected chi connectivity index (χ0v) is 13.3. The average Bonchev–Trinajstić information content (AvgIpc) is 2.87. The number of hydrogen-bond donors (Lipinski definition) is 1. The fourth-order valence-corrected chi connectivity index (χ4v) is 4.65. The molecule has 2 heterocycles. The number of ketones is 1. The van der Waals surface area contributed by atoms with Crippen molar-refractivity contribution in [3.63, 3.8) is 0 Å². The van der Waals surface area contributed by atoms with Crippen molar-refractivity contribution in [2.24, 2.45) is 5.92 Å². The van der Waals surface area contributed by atoms with E-state index in [0.29, 0.717) is 6.42 Å². The molecule has 116 valence electrons. The van der Waals surface area contributed by atoms with Gasteiger partial charge in [-0.3, -0.25) is 9.59 Å². The fraction of sp³-hybridized carbons (Fsp3) is 0.636. The van der Waals surface area contributed by atoms with Crippen LogP contribution in [0.5, 0.6) is 0 Å². The molecule has 1 saturated heterocycles. The first kappa shape index (κ1) is 16.0. The Hall–Kier alpha value is -1.39. The number of nitrogens with zero attached hydrogens (tertiary/aromatic N) is 3. The van der Waals surface area contributed by atoms with Gasteiger partial charge in [0.2, 0.25) is 15.4 Å². The van der Waals surface area contributed by atoms with Gasteiger partial charge in [-0.05, 0) is 6.42 Å². The highest BCUT2D eigenvalue weighted by atomic mass is 32.2. The van der Waals surface area contributed by atoms with Crippen molar-refractivity contribution in [1.29, 1.82) is 0 Å². The average molecular weight is 332 g/mol. The Morgan fingerprint density at radius 3 is 2.81 bits per heavy atom. The van der Waals surface area contributed by atoms with Crippen LogP contribution in [0.25, 0.3) is 0 Å². The highest BCUT2D eigenvalue weighted by Gasteiger charge is 2.35. The van der Waals surface area contributed by atoms with E-state index in [0.717, 1.165) is 11.3 Å². The molecule has 1 aliphatic heterocycles. The Morgan fingerprint density at radius 2 is 2.19 bits per heavy atom. The molecule has 0 saturated carbocycles. The third-order valence-electron chi connectivity index (χ3n) is 3.23. The minimum absolute atomic E-state index is 0.0974. The van der Waals surface area contributed by atoms with Crippen molar-refractivity contribution >= 4 is 38.2 Å². The second-order valence-corrected chi connectivity index (χ2v) is 7.83. The summed E-state index contributed by atoms with van der Waals surface area (Å²) in [6, 6.07) is 0. The summed E-state index contributed by atoms with van der Waals surface area (Å²) in [4.78, 5) is 22.6. The molecule has 10 heteroatoms. The summed E-state index contributed by atoms with van der Waals surface area (Å²) in [5.41, 5.74) is 0. The van der Waals surface area contributed by atoms with Gasteiger partial charge in [0.25, 0.3) is 10.0 Å². The molecule has 1 aromatic rings. The molecule has 1 atom stereocenters. The van der Waals surface area contributed by atoms with Gasteiger partial charge in [0.05, 0.1) is 0 Å². The van der Waals surface area contributed by atoms with Crippen LogP contribution in [0, 0.1) is 5.92 Å². The molecule has 21 heavy (non-hydrogen) atoms. The van der Waals surface area contributed by atoms with E-state index in [-0.39, 0.29) is 46.6 Å². The number of anilines is 1. The molecule has 2 rings (SSSR count). The summed E-state index contributed by atoms with van der Waals surface area (Å²) in [7, 11) is -3.77. The van der Waals surface area contributed by atoms with E-state index in [2.05, 4.69) is 15.5 Å². The Balaban J connectivity index is 2.19. The van der Waals surface area contributed by atoms with Crippen LogP contribution >= 0.6 is 11.3 Å². The maximum Gasteiger partial charge on any atom is 0.272 e. The molecular formula is C11H16N4O4S2. The zero-order valence-electron chi connectivity index (χ0n) is 11.7. The minimum Gasteiger partial charge on any atom is -0.301 e. The quantitative estimate of drug-likeness (QED) is 0.804. The smallest absolute Gasteiger partial charge is 0.272 e. The number of carbonyl (C=O) groups is 2. The van der Waals surface area contributed by atoms with Crippen LogP contribution in [0.3, 0.4) is 0 Å². The summed E-state index contributed by atoms with van der Waals surface area (Å²) in [6.07, 6.45) is 0.827. The van der Waals surface area contributed by atoms with Gasteiger partial charge in [-0.15, -0.1) is 10.2 Å². The topological polar surface area (TPSA) is 109 Å². The first-order valence-corrected chi connectivity index (χ1v) is 8.74. The van der Waals surface area contributed by atoms with Crippen LogP contribution in [0.1, 0.15) is 26.7 Å². The molecule has 1 fully saturated rings. The van der Waals surface area contributed by atoms with E-state index in [4.69, 9.17) is 0 Å². The molecular weight excluding hydrogens is 316 g/mol. The summed E-state index contributed by atoms with van der Waals surface area (Å²) in [5, 5.41) is 9.80. The fourth-order valence-electron chi connectivity index (χ4n) is 2.08. The number of carbonyl (C=O) groups excluding carboxylic acids is 2. The number of amides is 1. The molecule has 1 aliphatic rings. The highest BCUT2D eigenvalue weighted by Crippen LogP contribution is 2.27. The maximum absolute atomic E-state index is 12.5. The van der Waals surface area contributed by atoms with Gasteiger partial charge >= 0.3 is 0 Å². The van der Waals surface area contributed by atoms with Crippen LogP contribution in [0.4, 0.5) is 5.13 Å². The first-order valence-electron chi connectivity index (χ1n) is 6.48. The van der Waals surface area contributed by atoms with Crippen LogP contribution < -0.4 is 5.32 Å². The number of aromatic nitrogens is 2. The van der Waals surface area contributed by atoms with E-state index in [1.807, 2.05) is 6.92 Å². The van der Waals surface area contributed by atoms with Gasteiger partial charge in [-0.2, -0.15) is 4.31 Å². The van der Waals surface area contributed by atoms with Gasteiger partial charge < -0.3 is 5.32 Å². The van der Waals surface area contributed by atoms with Crippen LogP contribution in [0.2, 0.25) is 0 Å². The summed E-state index contributed by atoms with van der Waals surface area (Å²) in [6.45, 7) is 3.50. The van der Waals surface area contributed by atoms with Gasteiger partial charge in [0.1, 0.15) is 5.78 Å². The number of nitrogens with one attached hydrogen (secondary N) is 1. The lowest BCUT2D eigenvalue weighted by molar-refractivity contribution is -0.125. The third kappa shape index (κ3) is 3.44. The lowest BCUT2D eigenvalue weighted by Gasteiger charge is -2.29. The lowest BCUT2D eigenvalue weighted by Crippen LogP contribution is -2.43. The molecule has 0 aliphatic carbocycles. The van der Waals surface area contributed by atoms with Crippen molar-refractivity contribution in [2.75, 3.05) is 18.4 Å². The van der Waals surface area contributed by atoms with Crippen LogP contribution in [-0.4, -0.2) is 47.7 Å². The van der Waals surface area contributed by atoms with E-state index in [9.17, 15) is 18.0 Å².